The van der Waals surface area contributed by atoms with Crippen molar-refractivity contribution in [2.75, 3.05) is 18.8 Å². The Morgan fingerprint density at radius 2 is 2.29 bits per heavy atom. The van der Waals surface area contributed by atoms with Gasteiger partial charge in [-0.1, -0.05) is 23.8 Å². The van der Waals surface area contributed by atoms with Gasteiger partial charge in [0.25, 0.3) is 0 Å². The third kappa shape index (κ3) is 3.09. The number of rotatable bonds is 2. The minimum absolute atomic E-state index is 0.180. The highest BCUT2D eigenvalue weighted by molar-refractivity contribution is 5.79. The summed E-state index contributed by atoms with van der Waals surface area (Å²) in [6.45, 7) is 3.69. The number of carbonyl (C=O) groups excluding carboxylic acids is 1. The fourth-order valence-electron chi connectivity index (χ4n) is 1.99. The summed E-state index contributed by atoms with van der Waals surface area (Å²) >= 11 is 0. The van der Waals surface area contributed by atoms with Gasteiger partial charge < -0.3 is 10.6 Å². The Balaban J connectivity index is 1.98. The first kappa shape index (κ1) is 11.7. The lowest BCUT2D eigenvalue weighted by Crippen LogP contribution is -2.35. The number of nitrogen functional groups attached to an aromatic ring is 1. The van der Waals surface area contributed by atoms with Crippen LogP contribution in [0.3, 0.4) is 0 Å². The van der Waals surface area contributed by atoms with Crippen LogP contribution in [0.4, 0.5) is 5.69 Å². The van der Waals surface area contributed by atoms with Crippen molar-refractivity contribution in [3.63, 3.8) is 0 Å². The molecule has 90 valence electrons. The lowest BCUT2D eigenvalue weighted by Gasteiger charge is -2.25. The van der Waals surface area contributed by atoms with Crippen molar-refractivity contribution >= 4 is 11.6 Å². The third-order valence-electron chi connectivity index (χ3n) is 3.10. The van der Waals surface area contributed by atoms with Gasteiger partial charge in [-0.2, -0.15) is 0 Å². The quantitative estimate of drug-likeness (QED) is 0.624. The Morgan fingerprint density at radius 3 is 2.94 bits per heavy atom. The van der Waals surface area contributed by atoms with Gasteiger partial charge in [-0.05, 0) is 31.0 Å². The molecule has 3 heteroatoms. The first-order valence-electron chi connectivity index (χ1n) is 5.93. The molecular formula is C14H18N2O. The Labute approximate surface area is 102 Å². The predicted octanol–water partition coefficient (Wildman–Crippen LogP) is 1.99. The molecule has 0 saturated heterocycles. The van der Waals surface area contributed by atoms with Gasteiger partial charge in [0.05, 0.1) is 6.42 Å². The number of nitrogens with zero attached hydrogens (tertiary/aromatic N) is 1. The summed E-state index contributed by atoms with van der Waals surface area (Å²) in [5, 5.41) is 0. The maximum Gasteiger partial charge on any atom is 0.227 e. The van der Waals surface area contributed by atoms with Crippen LogP contribution in [0.1, 0.15) is 18.9 Å². The molecule has 1 amide bonds. The van der Waals surface area contributed by atoms with Crippen LogP contribution in [0, 0.1) is 0 Å². The summed E-state index contributed by atoms with van der Waals surface area (Å²) in [5.41, 5.74) is 8.77. The van der Waals surface area contributed by atoms with Crippen molar-refractivity contribution in [2.45, 2.75) is 19.8 Å². The highest BCUT2D eigenvalue weighted by Crippen LogP contribution is 2.13. The van der Waals surface area contributed by atoms with Gasteiger partial charge in [-0.3, -0.25) is 4.79 Å². The van der Waals surface area contributed by atoms with Crippen LogP contribution in [0.2, 0.25) is 0 Å². The van der Waals surface area contributed by atoms with Crippen LogP contribution in [0.25, 0.3) is 0 Å². The van der Waals surface area contributed by atoms with E-state index < -0.39 is 0 Å². The van der Waals surface area contributed by atoms with E-state index >= 15 is 0 Å². The normalized spacial score (nSPS) is 15.6. The van der Waals surface area contributed by atoms with Crippen molar-refractivity contribution in [1.29, 1.82) is 0 Å². The average Bonchev–Trinajstić information content (AvgIpc) is 2.29. The van der Waals surface area contributed by atoms with Crippen LogP contribution in [-0.4, -0.2) is 23.9 Å². The average molecular weight is 230 g/mol. The van der Waals surface area contributed by atoms with Gasteiger partial charge in [-0.15, -0.1) is 0 Å². The number of carbonyl (C=O) groups is 1. The number of anilines is 1. The van der Waals surface area contributed by atoms with Crippen molar-refractivity contribution in [3.05, 3.63) is 41.5 Å². The highest BCUT2D eigenvalue weighted by atomic mass is 16.2. The molecule has 0 radical (unpaired) electrons. The molecule has 0 atom stereocenters. The Morgan fingerprint density at radius 1 is 1.47 bits per heavy atom. The van der Waals surface area contributed by atoms with Gasteiger partial charge in [-0.25, -0.2) is 0 Å². The summed E-state index contributed by atoms with van der Waals surface area (Å²) in [4.78, 5) is 13.9. The maximum atomic E-state index is 12.0. The maximum absolute atomic E-state index is 12.0. The molecule has 17 heavy (non-hydrogen) atoms. The van der Waals surface area contributed by atoms with E-state index in [0.29, 0.717) is 12.1 Å². The molecule has 0 aromatic heterocycles. The number of benzene rings is 1. The molecule has 2 rings (SSSR count). The number of hydrogen-bond donors (Lipinski definition) is 1. The SMILES string of the molecule is CC1=CCN(C(=O)Cc2cccc(N)c2)CC1. The molecule has 1 aromatic rings. The Bertz CT molecular complexity index is 451. The van der Waals surface area contributed by atoms with Gasteiger partial charge >= 0.3 is 0 Å². The summed E-state index contributed by atoms with van der Waals surface area (Å²) in [7, 11) is 0. The monoisotopic (exact) mass is 230 g/mol. The van der Waals surface area contributed by atoms with Crippen molar-refractivity contribution < 1.29 is 4.79 Å². The number of amides is 1. The van der Waals surface area contributed by atoms with Gasteiger partial charge in [0.2, 0.25) is 5.91 Å². The minimum Gasteiger partial charge on any atom is -0.399 e. The topological polar surface area (TPSA) is 46.3 Å². The van der Waals surface area contributed by atoms with Gasteiger partial charge in [0.15, 0.2) is 0 Å². The fraction of sp³-hybridized carbons (Fsp3) is 0.357. The van der Waals surface area contributed by atoms with Crippen LogP contribution in [0.5, 0.6) is 0 Å². The molecule has 1 aliphatic heterocycles. The second-order valence-electron chi connectivity index (χ2n) is 4.56. The number of nitrogens with two attached hydrogens (primary N) is 1. The summed E-state index contributed by atoms with van der Waals surface area (Å²) < 4.78 is 0. The zero-order valence-corrected chi connectivity index (χ0v) is 10.1. The fourth-order valence-corrected chi connectivity index (χ4v) is 1.99. The largest absolute Gasteiger partial charge is 0.399 e. The molecule has 3 nitrogen and oxygen atoms in total. The zero-order chi connectivity index (χ0) is 12.3. The van der Waals surface area contributed by atoms with E-state index in [1.165, 1.54) is 5.57 Å². The van der Waals surface area contributed by atoms with E-state index in [1.807, 2.05) is 29.2 Å². The molecule has 0 aliphatic carbocycles. The smallest absolute Gasteiger partial charge is 0.227 e. The zero-order valence-electron chi connectivity index (χ0n) is 10.1. The summed E-state index contributed by atoms with van der Waals surface area (Å²) in [6.07, 6.45) is 3.56. The third-order valence-corrected chi connectivity index (χ3v) is 3.10. The lowest BCUT2D eigenvalue weighted by atomic mass is 10.1. The van der Waals surface area contributed by atoms with Crippen LogP contribution in [0.15, 0.2) is 35.9 Å². The second kappa shape index (κ2) is 5.04. The predicted molar refractivity (Wildman–Crippen MR) is 69.5 cm³/mol. The lowest BCUT2D eigenvalue weighted by molar-refractivity contribution is -0.130. The van der Waals surface area contributed by atoms with Crippen molar-refractivity contribution in [1.82, 2.24) is 4.90 Å². The van der Waals surface area contributed by atoms with Crippen LogP contribution < -0.4 is 5.73 Å². The molecule has 0 unspecified atom stereocenters. The molecule has 0 saturated carbocycles. The number of hydrogen-bond acceptors (Lipinski definition) is 2. The molecule has 0 spiro atoms. The molecule has 2 N–H and O–H groups in total. The van der Waals surface area contributed by atoms with Crippen molar-refractivity contribution in [3.8, 4) is 0 Å². The highest BCUT2D eigenvalue weighted by Gasteiger charge is 2.15. The van der Waals surface area contributed by atoms with Gasteiger partial charge in [0.1, 0.15) is 0 Å². The Kier molecular flexibility index (Phi) is 3.47. The Hall–Kier alpha value is -1.77. The summed E-state index contributed by atoms with van der Waals surface area (Å²) in [6, 6.07) is 7.53. The molecule has 1 heterocycles. The molecular weight excluding hydrogens is 212 g/mol. The molecule has 1 aromatic carbocycles. The molecule has 1 aliphatic rings. The van der Waals surface area contributed by atoms with E-state index in [9.17, 15) is 4.79 Å². The van der Waals surface area contributed by atoms with E-state index in [4.69, 9.17) is 5.73 Å². The van der Waals surface area contributed by atoms with Crippen LogP contribution >= 0.6 is 0 Å². The van der Waals surface area contributed by atoms with E-state index in [1.54, 1.807) is 0 Å². The standard InChI is InChI=1S/C14H18N2O/c1-11-5-7-16(8-6-11)14(17)10-12-3-2-4-13(15)9-12/h2-5,9H,6-8,10,15H2,1H3. The van der Waals surface area contributed by atoms with Crippen molar-refractivity contribution in [2.24, 2.45) is 0 Å². The first-order valence-corrected chi connectivity index (χ1v) is 5.93. The van der Waals surface area contributed by atoms with E-state index in [-0.39, 0.29) is 5.91 Å². The van der Waals surface area contributed by atoms with Crippen LogP contribution in [-0.2, 0) is 11.2 Å². The van der Waals surface area contributed by atoms with Gasteiger partial charge in [0, 0.05) is 18.8 Å². The van der Waals surface area contributed by atoms with E-state index in [2.05, 4.69) is 13.0 Å². The van der Waals surface area contributed by atoms with E-state index in [0.717, 1.165) is 25.1 Å². The molecule has 0 bridgehead atoms. The minimum atomic E-state index is 0.180. The molecule has 0 fully saturated rings. The first-order chi connectivity index (χ1) is 8.15. The second-order valence-corrected chi connectivity index (χ2v) is 4.56. The summed E-state index contributed by atoms with van der Waals surface area (Å²) in [5.74, 6) is 0.180.